The van der Waals surface area contributed by atoms with Gasteiger partial charge in [0.05, 0.1) is 5.92 Å². The summed E-state index contributed by atoms with van der Waals surface area (Å²) in [5, 5.41) is 12.2. The number of carboxylic acids is 1. The summed E-state index contributed by atoms with van der Waals surface area (Å²) in [6.07, 6.45) is 2.03. The molecule has 1 fully saturated rings. The van der Waals surface area contributed by atoms with Crippen LogP contribution in [0.15, 0.2) is 48.5 Å². The summed E-state index contributed by atoms with van der Waals surface area (Å²) in [5.74, 6) is -1.60. The first-order chi connectivity index (χ1) is 16.9. The van der Waals surface area contributed by atoms with Crippen LogP contribution in [0.2, 0.25) is 0 Å². The van der Waals surface area contributed by atoms with Crippen molar-refractivity contribution in [3.63, 3.8) is 0 Å². The molecule has 35 heavy (non-hydrogen) atoms. The van der Waals surface area contributed by atoms with E-state index in [0.29, 0.717) is 25.9 Å². The van der Waals surface area contributed by atoms with Crippen molar-refractivity contribution < 1.29 is 24.2 Å². The molecule has 0 aromatic heterocycles. The van der Waals surface area contributed by atoms with Gasteiger partial charge in [-0.1, -0.05) is 75.2 Å². The molecule has 1 aliphatic carbocycles. The molecule has 7 nitrogen and oxygen atoms in total. The number of unbranched alkanes of at least 4 members (excludes halogenated alkanes) is 1. The number of ether oxygens (including phenoxy) is 1. The van der Waals surface area contributed by atoms with Crippen molar-refractivity contribution in [2.75, 3.05) is 19.7 Å². The van der Waals surface area contributed by atoms with Crippen molar-refractivity contribution in [2.24, 2.45) is 11.8 Å². The molecule has 186 valence electrons. The fourth-order valence-electron chi connectivity index (χ4n) is 5.38. The monoisotopic (exact) mass is 478 g/mol. The van der Waals surface area contributed by atoms with Crippen LogP contribution in [0, 0.1) is 11.8 Å². The highest BCUT2D eigenvalue weighted by molar-refractivity contribution is 5.86. The average molecular weight is 479 g/mol. The molecule has 7 heteroatoms. The Morgan fingerprint density at radius 1 is 1.09 bits per heavy atom. The van der Waals surface area contributed by atoms with Crippen LogP contribution in [-0.4, -0.2) is 53.7 Å². The number of rotatable bonds is 8. The quantitative estimate of drug-likeness (QED) is 0.576. The summed E-state index contributed by atoms with van der Waals surface area (Å²) in [7, 11) is 0. The molecule has 2 N–H and O–H groups in total. The molecule has 2 aliphatic rings. The van der Waals surface area contributed by atoms with Gasteiger partial charge in [0.2, 0.25) is 5.91 Å². The van der Waals surface area contributed by atoms with Crippen LogP contribution >= 0.6 is 0 Å². The second-order valence-corrected chi connectivity index (χ2v) is 9.66. The maximum Gasteiger partial charge on any atom is 0.407 e. The van der Waals surface area contributed by atoms with Gasteiger partial charge in [-0.15, -0.1) is 0 Å². The van der Waals surface area contributed by atoms with Gasteiger partial charge in [0.1, 0.15) is 12.6 Å². The topological polar surface area (TPSA) is 95.9 Å². The Kier molecular flexibility index (Phi) is 7.73. The summed E-state index contributed by atoms with van der Waals surface area (Å²) < 4.78 is 5.66. The molecule has 1 aliphatic heterocycles. The van der Waals surface area contributed by atoms with E-state index in [1.54, 1.807) is 4.90 Å². The smallest absolute Gasteiger partial charge is 0.407 e. The van der Waals surface area contributed by atoms with E-state index in [9.17, 15) is 19.5 Å². The Balaban J connectivity index is 1.40. The Morgan fingerprint density at radius 2 is 1.71 bits per heavy atom. The fourth-order valence-corrected chi connectivity index (χ4v) is 5.38. The van der Waals surface area contributed by atoms with Crippen LogP contribution in [0.5, 0.6) is 0 Å². The molecule has 2 aromatic rings. The van der Waals surface area contributed by atoms with Gasteiger partial charge in [-0.3, -0.25) is 9.59 Å². The van der Waals surface area contributed by atoms with E-state index >= 15 is 0 Å². The highest BCUT2D eigenvalue weighted by atomic mass is 16.5. The van der Waals surface area contributed by atoms with Crippen molar-refractivity contribution in [3.05, 3.63) is 59.7 Å². The van der Waals surface area contributed by atoms with Crippen molar-refractivity contribution >= 4 is 18.0 Å². The molecular formula is C28H34N2O5. The zero-order chi connectivity index (χ0) is 24.9. The Labute approximate surface area is 206 Å². The lowest BCUT2D eigenvalue weighted by Gasteiger charge is -2.36. The lowest BCUT2D eigenvalue weighted by atomic mass is 9.86. The van der Waals surface area contributed by atoms with Crippen molar-refractivity contribution in [1.29, 1.82) is 0 Å². The SMILES string of the molecule is CCCCC(NC(=O)OCC1c2ccccc2-c2ccccc21)C(=O)N1CCC(C(=O)O)C(C)C1. The van der Waals surface area contributed by atoms with Crippen LogP contribution < -0.4 is 5.32 Å². The molecular weight excluding hydrogens is 444 g/mol. The van der Waals surface area contributed by atoms with Gasteiger partial charge in [0.15, 0.2) is 0 Å². The molecule has 0 bridgehead atoms. The Bertz CT molecular complexity index is 1040. The van der Waals surface area contributed by atoms with E-state index in [0.717, 1.165) is 35.1 Å². The number of fused-ring (bicyclic) bond motifs is 3. The third-order valence-corrected chi connectivity index (χ3v) is 7.31. The lowest BCUT2D eigenvalue weighted by molar-refractivity contribution is -0.148. The molecule has 0 saturated carbocycles. The number of carbonyl (C=O) groups excluding carboxylic acids is 2. The average Bonchev–Trinajstić information content (AvgIpc) is 3.18. The molecule has 2 aromatic carbocycles. The maximum atomic E-state index is 13.3. The maximum absolute atomic E-state index is 13.3. The summed E-state index contributed by atoms with van der Waals surface area (Å²) in [6.45, 7) is 4.85. The third-order valence-electron chi connectivity index (χ3n) is 7.31. The molecule has 3 unspecified atom stereocenters. The molecule has 3 atom stereocenters. The van der Waals surface area contributed by atoms with Gasteiger partial charge in [0.25, 0.3) is 0 Å². The highest BCUT2D eigenvalue weighted by Gasteiger charge is 2.36. The predicted molar refractivity (Wildman–Crippen MR) is 133 cm³/mol. The van der Waals surface area contributed by atoms with Gasteiger partial charge < -0.3 is 20.1 Å². The van der Waals surface area contributed by atoms with E-state index in [1.807, 2.05) is 38.1 Å². The van der Waals surface area contributed by atoms with Gasteiger partial charge in [-0.25, -0.2) is 4.79 Å². The number of alkyl carbamates (subject to hydrolysis) is 1. The van der Waals surface area contributed by atoms with Gasteiger partial charge in [-0.05, 0) is 41.0 Å². The Morgan fingerprint density at radius 3 is 2.29 bits per heavy atom. The second kappa shape index (κ2) is 10.9. The number of hydrogen-bond donors (Lipinski definition) is 2. The largest absolute Gasteiger partial charge is 0.481 e. The number of carbonyl (C=O) groups is 3. The van der Waals surface area contributed by atoms with Gasteiger partial charge in [0, 0.05) is 19.0 Å². The zero-order valence-corrected chi connectivity index (χ0v) is 20.4. The molecule has 0 radical (unpaired) electrons. The molecule has 2 amide bonds. The first-order valence-electron chi connectivity index (χ1n) is 12.5. The number of likely N-dealkylation sites (tertiary alicyclic amines) is 1. The van der Waals surface area contributed by atoms with Gasteiger partial charge >= 0.3 is 12.1 Å². The molecule has 4 rings (SSSR count). The number of carboxylic acid groups (broad SMARTS) is 1. The number of amides is 2. The minimum Gasteiger partial charge on any atom is -0.481 e. The summed E-state index contributed by atoms with van der Waals surface area (Å²) in [6, 6.07) is 15.6. The van der Waals surface area contributed by atoms with Crippen LogP contribution in [0.3, 0.4) is 0 Å². The van der Waals surface area contributed by atoms with Crippen LogP contribution in [0.4, 0.5) is 4.79 Å². The minimum absolute atomic E-state index is 0.0474. The number of nitrogens with one attached hydrogen (secondary N) is 1. The lowest BCUT2D eigenvalue weighted by Crippen LogP contribution is -2.53. The second-order valence-electron chi connectivity index (χ2n) is 9.66. The van der Waals surface area contributed by atoms with E-state index in [-0.39, 0.29) is 24.3 Å². The first kappa shape index (κ1) is 24.8. The van der Waals surface area contributed by atoms with E-state index in [2.05, 4.69) is 29.6 Å². The van der Waals surface area contributed by atoms with Crippen LogP contribution in [0.25, 0.3) is 11.1 Å². The normalized spacial score (nSPS) is 20.0. The zero-order valence-electron chi connectivity index (χ0n) is 20.4. The third kappa shape index (κ3) is 5.34. The molecule has 1 saturated heterocycles. The van der Waals surface area contributed by atoms with E-state index in [1.165, 1.54) is 0 Å². The van der Waals surface area contributed by atoms with Crippen LogP contribution in [0.1, 0.15) is 56.6 Å². The number of nitrogens with zero attached hydrogens (tertiary/aromatic N) is 1. The number of piperidine rings is 1. The number of aliphatic carboxylic acids is 1. The van der Waals surface area contributed by atoms with E-state index < -0.39 is 24.0 Å². The van der Waals surface area contributed by atoms with Gasteiger partial charge in [-0.2, -0.15) is 0 Å². The predicted octanol–water partition coefficient (Wildman–Crippen LogP) is 4.65. The number of benzene rings is 2. The van der Waals surface area contributed by atoms with Crippen molar-refractivity contribution in [3.8, 4) is 11.1 Å². The summed E-state index contributed by atoms with van der Waals surface area (Å²) in [4.78, 5) is 39.2. The first-order valence-corrected chi connectivity index (χ1v) is 12.5. The van der Waals surface area contributed by atoms with E-state index in [4.69, 9.17) is 4.74 Å². The molecule has 1 heterocycles. The Hall–Kier alpha value is -3.35. The summed E-state index contributed by atoms with van der Waals surface area (Å²) in [5.41, 5.74) is 4.59. The highest BCUT2D eigenvalue weighted by Crippen LogP contribution is 2.44. The standard InChI is InChI=1S/C28H34N2O5/c1-3-4-13-25(26(31)30-15-14-19(27(32)33)18(2)16-30)29-28(34)35-17-24-22-11-7-5-9-20(22)21-10-6-8-12-23(21)24/h5-12,18-19,24-25H,3-4,13-17H2,1-2H3,(H,29,34)(H,32,33). The number of hydrogen-bond acceptors (Lipinski definition) is 4. The molecule has 0 spiro atoms. The van der Waals surface area contributed by atoms with Crippen molar-refractivity contribution in [2.45, 2.75) is 51.5 Å². The fraction of sp³-hybridized carbons (Fsp3) is 0.464. The van der Waals surface area contributed by atoms with Crippen molar-refractivity contribution in [1.82, 2.24) is 10.2 Å². The minimum atomic E-state index is -0.816. The summed E-state index contributed by atoms with van der Waals surface area (Å²) >= 11 is 0. The van der Waals surface area contributed by atoms with Crippen LogP contribution in [-0.2, 0) is 14.3 Å².